The fourth-order valence-corrected chi connectivity index (χ4v) is 4.80. The van der Waals surface area contributed by atoms with Crippen molar-refractivity contribution in [1.82, 2.24) is 14.5 Å². The number of rotatable bonds is 2. The van der Waals surface area contributed by atoms with Gasteiger partial charge >= 0.3 is 0 Å². The Morgan fingerprint density at radius 2 is 1.96 bits per heavy atom. The standard InChI is InChI=1S/C21H23N3O3/c25-18(23-10-9-14-5-1-2-6-15(14)11-23)12-24-13-22-19-16-7-3-4-8-17(16)27-20(19)21(24)26/h3-4,7-8,13-15H,1-2,5-6,9-12H2/t14-,15-/m0/s1. The summed E-state index contributed by atoms with van der Waals surface area (Å²) in [7, 11) is 0. The SMILES string of the molecule is O=C(Cn1cnc2c(oc3ccccc32)c1=O)N1CC[C@@H]2CCCC[C@H]2C1. The molecule has 0 radical (unpaired) electrons. The highest BCUT2D eigenvalue weighted by atomic mass is 16.3. The second-order valence-electron chi connectivity index (χ2n) is 7.89. The van der Waals surface area contributed by atoms with E-state index in [0.717, 1.165) is 30.8 Å². The monoisotopic (exact) mass is 365 g/mol. The van der Waals surface area contributed by atoms with Crippen molar-refractivity contribution in [2.24, 2.45) is 11.8 Å². The third-order valence-electron chi connectivity index (χ3n) is 6.30. The van der Waals surface area contributed by atoms with Crippen LogP contribution >= 0.6 is 0 Å². The van der Waals surface area contributed by atoms with Crippen LogP contribution in [0.3, 0.4) is 0 Å². The number of para-hydroxylation sites is 1. The summed E-state index contributed by atoms with van der Waals surface area (Å²) in [6, 6.07) is 7.46. The highest BCUT2D eigenvalue weighted by Crippen LogP contribution is 2.36. The van der Waals surface area contributed by atoms with Crippen LogP contribution in [0.4, 0.5) is 0 Å². The Labute approximate surface area is 156 Å². The molecule has 6 nitrogen and oxygen atoms in total. The molecule has 1 amide bonds. The fourth-order valence-electron chi connectivity index (χ4n) is 4.80. The number of aromatic nitrogens is 2. The highest BCUT2D eigenvalue weighted by Gasteiger charge is 2.33. The topological polar surface area (TPSA) is 68.3 Å². The van der Waals surface area contributed by atoms with Gasteiger partial charge in [-0.1, -0.05) is 31.4 Å². The first-order valence-corrected chi connectivity index (χ1v) is 9.85. The summed E-state index contributed by atoms with van der Waals surface area (Å²) in [5.74, 6) is 1.40. The van der Waals surface area contributed by atoms with Gasteiger partial charge in [-0.15, -0.1) is 0 Å². The first-order chi connectivity index (χ1) is 13.2. The Kier molecular flexibility index (Phi) is 3.99. The molecule has 2 atom stereocenters. The van der Waals surface area contributed by atoms with E-state index in [9.17, 15) is 9.59 Å². The normalized spacial score (nSPS) is 22.9. The average molecular weight is 365 g/mol. The van der Waals surface area contributed by atoms with Gasteiger partial charge in [0.2, 0.25) is 11.5 Å². The Morgan fingerprint density at radius 1 is 1.15 bits per heavy atom. The number of carbonyl (C=O) groups excluding carboxylic acids is 1. The van der Waals surface area contributed by atoms with Gasteiger partial charge in [-0.05, 0) is 36.8 Å². The number of amides is 1. The zero-order valence-corrected chi connectivity index (χ0v) is 15.3. The maximum atomic E-state index is 12.8. The molecular formula is C21H23N3O3. The molecule has 3 aromatic rings. The first kappa shape index (κ1) is 16.5. The molecule has 140 valence electrons. The summed E-state index contributed by atoms with van der Waals surface area (Å²) >= 11 is 0. The van der Waals surface area contributed by atoms with Crippen LogP contribution < -0.4 is 5.56 Å². The lowest BCUT2D eigenvalue weighted by atomic mass is 9.75. The van der Waals surface area contributed by atoms with Crippen LogP contribution in [0.25, 0.3) is 22.1 Å². The number of benzene rings is 1. The van der Waals surface area contributed by atoms with E-state index in [0.29, 0.717) is 17.0 Å². The molecule has 0 spiro atoms. The molecule has 3 heterocycles. The molecule has 2 fully saturated rings. The van der Waals surface area contributed by atoms with Crippen molar-refractivity contribution >= 4 is 28.0 Å². The lowest BCUT2D eigenvalue weighted by Gasteiger charge is -2.41. The van der Waals surface area contributed by atoms with Gasteiger partial charge in [-0.25, -0.2) is 4.98 Å². The molecule has 0 unspecified atom stereocenters. The number of nitrogens with zero attached hydrogens (tertiary/aromatic N) is 3. The lowest BCUT2D eigenvalue weighted by molar-refractivity contribution is -0.135. The molecular weight excluding hydrogens is 342 g/mol. The van der Waals surface area contributed by atoms with Gasteiger partial charge in [0.25, 0.3) is 5.56 Å². The molecule has 27 heavy (non-hydrogen) atoms. The quantitative estimate of drug-likeness (QED) is 0.699. The predicted molar refractivity (Wildman–Crippen MR) is 102 cm³/mol. The number of likely N-dealkylation sites (tertiary alicyclic amines) is 1. The Balaban J connectivity index is 1.39. The van der Waals surface area contributed by atoms with Crippen molar-refractivity contribution in [2.75, 3.05) is 13.1 Å². The van der Waals surface area contributed by atoms with Crippen molar-refractivity contribution in [3.8, 4) is 0 Å². The third kappa shape index (κ3) is 2.83. The fraction of sp³-hybridized carbons (Fsp3) is 0.476. The number of carbonyl (C=O) groups is 1. The van der Waals surface area contributed by atoms with Crippen LogP contribution in [0.15, 0.2) is 39.8 Å². The minimum absolute atomic E-state index is 0.00150. The van der Waals surface area contributed by atoms with E-state index in [1.165, 1.54) is 36.6 Å². The molecule has 5 rings (SSSR count). The van der Waals surface area contributed by atoms with Gasteiger partial charge in [0, 0.05) is 18.5 Å². The van der Waals surface area contributed by atoms with E-state index in [-0.39, 0.29) is 23.6 Å². The summed E-state index contributed by atoms with van der Waals surface area (Å²) in [6.45, 7) is 1.66. The lowest BCUT2D eigenvalue weighted by Crippen LogP contribution is -2.46. The number of furan rings is 1. The number of hydrogen-bond donors (Lipinski definition) is 0. The second-order valence-corrected chi connectivity index (χ2v) is 7.89. The maximum Gasteiger partial charge on any atom is 0.297 e. The van der Waals surface area contributed by atoms with E-state index < -0.39 is 0 Å². The molecule has 1 aliphatic carbocycles. The molecule has 1 aromatic carbocycles. The molecule has 2 aliphatic rings. The largest absolute Gasteiger partial charge is 0.448 e. The highest BCUT2D eigenvalue weighted by molar-refractivity contribution is 6.01. The number of piperidine rings is 1. The summed E-state index contributed by atoms with van der Waals surface area (Å²) in [5.41, 5.74) is 1.12. The van der Waals surface area contributed by atoms with Crippen molar-refractivity contribution in [3.63, 3.8) is 0 Å². The van der Waals surface area contributed by atoms with Crippen molar-refractivity contribution in [3.05, 3.63) is 40.9 Å². The van der Waals surface area contributed by atoms with Crippen LogP contribution in [-0.4, -0.2) is 33.4 Å². The summed E-state index contributed by atoms with van der Waals surface area (Å²) in [6.07, 6.45) is 7.69. The summed E-state index contributed by atoms with van der Waals surface area (Å²) < 4.78 is 7.08. The molecule has 0 bridgehead atoms. The van der Waals surface area contributed by atoms with Crippen LogP contribution in [0.1, 0.15) is 32.1 Å². The van der Waals surface area contributed by atoms with Crippen LogP contribution in [0, 0.1) is 11.8 Å². The minimum Gasteiger partial charge on any atom is -0.448 e. The van der Waals surface area contributed by atoms with Gasteiger partial charge in [0.05, 0.1) is 6.33 Å². The smallest absolute Gasteiger partial charge is 0.297 e. The second kappa shape index (κ2) is 6.51. The van der Waals surface area contributed by atoms with Gasteiger partial charge < -0.3 is 9.32 Å². The van der Waals surface area contributed by atoms with Crippen LogP contribution in [0.5, 0.6) is 0 Å². The Bertz CT molecular complexity index is 1070. The van der Waals surface area contributed by atoms with Gasteiger partial charge in [0.1, 0.15) is 17.6 Å². The zero-order valence-electron chi connectivity index (χ0n) is 15.3. The minimum atomic E-state index is -0.294. The van der Waals surface area contributed by atoms with Gasteiger partial charge in [-0.3, -0.25) is 14.2 Å². The van der Waals surface area contributed by atoms with Gasteiger partial charge in [0.15, 0.2) is 0 Å². The molecule has 1 aliphatic heterocycles. The first-order valence-electron chi connectivity index (χ1n) is 9.85. The molecule has 2 aromatic heterocycles. The van der Waals surface area contributed by atoms with Crippen LogP contribution in [-0.2, 0) is 11.3 Å². The number of hydrogen-bond acceptors (Lipinski definition) is 4. The van der Waals surface area contributed by atoms with Crippen molar-refractivity contribution in [2.45, 2.75) is 38.6 Å². The van der Waals surface area contributed by atoms with E-state index >= 15 is 0 Å². The molecule has 6 heteroatoms. The van der Waals surface area contributed by atoms with Crippen LogP contribution in [0.2, 0.25) is 0 Å². The Hall–Kier alpha value is -2.63. The molecule has 0 N–H and O–H groups in total. The van der Waals surface area contributed by atoms with E-state index in [1.807, 2.05) is 29.2 Å². The zero-order chi connectivity index (χ0) is 18.4. The van der Waals surface area contributed by atoms with E-state index in [4.69, 9.17) is 4.42 Å². The average Bonchev–Trinajstić information content (AvgIpc) is 3.09. The Morgan fingerprint density at radius 3 is 2.85 bits per heavy atom. The third-order valence-corrected chi connectivity index (χ3v) is 6.30. The van der Waals surface area contributed by atoms with Crippen molar-refractivity contribution in [1.29, 1.82) is 0 Å². The van der Waals surface area contributed by atoms with Crippen molar-refractivity contribution < 1.29 is 9.21 Å². The van der Waals surface area contributed by atoms with E-state index in [2.05, 4.69) is 4.98 Å². The maximum absolute atomic E-state index is 12.8. The number of fused-ring (bicyclic) bond motifs is 4. The van der Waals surface area contributed by atoms with Gasteiger partial charge in [-0.2, -0.15) is 0 Å². The summed E-state index contributed by atoms with van der Waals surface area (Å²) in [5, 5.41) is 0.822. The predicted octanol–water partition coefficient (Wildman–Crippen LogP) is 3.18. The molecule has 1 saturated carbocycles. The molecule has 1 saturated heterocycles. The van der Waals surface area contributed by atoms with E-state index in [1.54, 1.807) is 0 Å². The summed E-state index contributed by atoms with van der Waals surface area (Å²) in [4.78, 5) is 31.9.